The van der Waals surface area contributed by atoms with Crippen LogP contribution in [0.3, 0.4) is 0 Å². The largest absolute Gasteiger partial charge is 0.493 e. The predicted octanol–water partition coefficient (Wildman–Crippen LogP) is 6.33. The molecule has 7 rings (SSSR count). The highest BCUT2D eigenvalue weighted by Gasteiger charge is 2.70. The van der Waals surface area contributed by atoms with E-state index in [-0.39, 0.29) is 23.0 Å². The number of amides is 1. The number of hydrogen-bond donors (Lipinski definition) is 1. The van der Waals surface area contributed by atoms with Crippen molar-refractivity contribution in [2.24, 2.45) is 5.92 Å². The van der Waals surface area contributed by atoms with E-state index in [1.807, 2.05) is 65.6 Å². The molecule has 0 saturated carbocycles. The van der Waals surface area contributed by atoms with Gasteiger partial charge in [0.1, 0.15) is 11.5 Å². The summed E-state index contributed by atoms with van der Waals surface area (Å²) in [5.74, 6) is -1.12. The van der Waals surface area contributed by atoms with Crippen LogP contribution in [0.15, 0.2) is 95.5 Å². The fourth-order valence-electron chi connectivity index (χ4n) is 7.31. The van der Waals surface area contributed by atoms with E-state index < -0.39 is 23.4 Å². The first-order chi connectivity index (χ1) is 21.8. The molecule has 9 heteroatoms. The fourth-order valence-corrected chi connectivity index (χ4v) is 7.57. The van der Waals surface area contributed by atoms with Gasteiger partial charge in [-0.1, -0.05) is 76.6 Å². The van der Waals surface area contributed by atoms with Gasteiger partial charge in [0.25, 0.3) is 0 Å². The Morgan fingerprint density at radius 1 is 0.822 bits per heavy atom. The summed E-state index contributed by atoms with van der Waals surface area (Å²) in [6.45, 7) is 0. The molecule has 0 bridgehead atoms. The average Bonchev–Trinajstić information content (AvgIpc) is 3.55. The van der Waals surface area contributed by atoms with E-state index >= 15 is 4.79 Å². The van der Waals surface area contributed by atoms with E-state index in [0.717, 1.165) is 15.7 Å². The second kappa shape index (κ2) is 10.9. The highest BCUT2D eigenvalue weighted by molar-refractivity contribution is 9.10. The Hall–Kier alpha value is -4.89. The lowest BCUT2D eigenvalue weighted by atomic mass is 9.64. The molecular formula is C36H29BrN2O6. The second-order valence-electron chi connectivity index (χ2n) is 11.2. The molecule has 3 heterocycles. The highest BCUT2D eigenvalue weighted by atomic mass is 79.9. The van der Waals surface area contributed by atoms with Crippen LogP contribution in [0.25, 0.3) is 6.08 Å². The van der Waals surface area contributed by atoms with Gasteiger partial charge in [-0.3, -0.25) is 14.4 Å². The van der Waals surface area contributed by atoms with Crippen LogP contribution in [0.1, 0.15) is 31.8 Å². The van der Waals surface area contributed by atoms with Gasteiger partial charge in [0.2, 0.25) is 11.7 Å². The average molecular weight is 666 g/mol. The van der Waals surface area contributed by atoms with Crippen LogP contribution in [-0.4, -0.2) is 50.9 Å². The lowest BCUT2D eigenvalue weighted by molar-refractivity contribution is -0.121. The van der Waals surface area contributed by atoms with Crippen LogP contribution in [0, 0.1) is 5.92 Å². The molecule has 0 aromatic heterocycles. The van der Waals surface area contributed by atoms with Crippen LogP contribution < -0.4 is 24.4 Å². The van der Waals surface area contributed by atoms with Crippen molar-refractivity contribution >= 4 is 50.9 Å². The summed E-state index contributed by atoms with van der Waals surface area (Å²) in [6, 6.07) is 23.6. The monoisotopic (exact) mass is 664 g/mol. The third-order valence-electron chi connectivity index (χ3n) is 9.17. The first kappa shape index (κ1) is 28.9. The van der Waals surface area contributed by atoms with Crippen molar-refractivity contribution < 1.29 is 28.6 Å². The van der Waals surface area contributed by atoms with Gasteiger partial charge < -0.3 is 24.4 Å². The molecule has 45 heavy (non-hydrogen) atoms. The van der Waals surface area contributed by atoms with Crippen LogP contribution in [0.5, 0.6) is 17.2 Å². The second-order valence-corrected chi connectivity index (χ2v) is 12.1. The topological polar surface area (TPSA) is 94.2 Å². The van der Waals surface area contributed by atoms with Crippen LogP contribution in [0.2, 0.25) is 0 Å². The number of ether oxygens (including phenoxy) is 3. The van der Waals surface area contributed by atoms with Crippen molar-refractivity contribution in [3.63, 3.8) is 0 Å². The molecule has 0 unspecified atom stereocenters. The van der Waals surface area contributed by atoms with E-state index in [4.69, 9.17) is 14.2 Å². The molecular weight excluding hydrogens is 636 g/mol. The van der Waals surface area contributed by atoms with Crippen molar-refractivity contribution in [3.8, 4) is 17.2 Å². The number of Topliss-reactive ketones (excluding diaryl/α,β-unsaturated/α-hetero) is 2. The minimum absolute atomic E-state index is 0.262. The lowest BCUT2D eigenvalue weighted by Crippen LogP contribution is -2.51. The van der Waals surface area contributed by atoms with Gasteiger partial charge in [-0.05, 0) is 47.5 Å². The number of carbonyl (C=O) groups excluding carboxylic acids is 3. The van der Waals surface area contributed by atoms with Crippen LogP contribution >= 0.6 is 15.9 Å². The van der Waals surface area contributed by atoms with Gasteiger partial charge >= 0.3 is 0 Å². The van der Waals surface area contributed by atoms with Crippen LogP contribution in [-0.2, 0) is 10.2 Å². The Bertz CT molecular complexity index is 1880. The number of methoxy groups -OCH3 is 3. The molecule has 1 fully saturated rings. The molecule has 0 aliphatic carbocycles. The minimum atomic E-state index is -1.41. The zero-order valence-corrected chi connectivity index (χ0v) is 26.3. The first-order valence-corrected chi connectivity index (χ1v) is 15.2. The fraction of sp³-hybridized carbons (Fsp3) is 0.194. The Morgan fingerprint density at radius 3 is 2.18 bits per heavy atom. The Balaban J connectivity index is 1.53. The van der Waals surface area contributed by atoms with Gasteiger partial charge in [-0.2, -0.15) is 0 Å². The third kappa shape index (κ3) is 4.14. The van der Waals surface area contributed by atoms with Crippen molar-refractivity contribution in [2.75, 3.05) is 31.5 Å². The summed E-state index contributed by atoms with van der Waals surface area (Å²) < 4.78 is 17.5. The molecule has 1 spiro atoms. The molecule has 226 valence electrons. The standard InChI is InChI=1S/C36H29BrN2O6/c1-43-27-18-22(19-28(44-2)34(27)45-3)33(41)31-30(32(40)21-12-15-23(37)16-13-21)36(24-9-5-6-10-25(24)38-35(36)42)29-17-14-20-8-4-7-11-26(20)39(29)31/h4-19,29-31H,1-3H3,(H,38,42)/t29-,30+,31-,36-/m1/s1. The van der Waals surface area contributed by atoms with E-state index in [1.54, 1.807) is 36.4 Å². The summed E-state index contributed by atoms with van der Waals surface area (Å²) in [5.41, 5.74) is 2.21. The maximum Gasteiger partial charge on any atom is 0.238 e. The van der Waals surface area contributed by atoms with Crippen molar-refractivity contribution in [1.82, 2.24) is 0 Å². The number of rotatable bonds is 7. The Labute approximate surface area is 268 Å². The van der Waals surface area contributed by atoms with Crippen molar-refractivity contribution in [2.45, 2.75) is 17.5 Å². The third-order valence-corrected chi connectivity index (χ3v) is 9.70. The first-order valence-electron chi connectivity index (χ1n) is 14.5. The normalized spacial score (nSPS) is 22.4. The van der Waals surface area contributed by atoms with E-state index in [1.165, 1.54) is 21.3 Å². The smallest absolute Gasteiger partial charge is 0.238 e. The molecule has 3 aliphatic heterocycles. The van der Waals surface area contributed by atoms with Crippen LogP contribution in [0.4, 0.5) is 11.4 Å². The van der Waals surface area contributed by atoms with Gasteiger partial charge in [0, 0.05) is 27.0 Å². The maximum atomic E-state index is 15.1. The summed E-state index contributed by atoms with van der Waals surface area (Å²) in [7, 11) is 4.46. The molecule has 3 aliphatic rings. The number of carbonyl (C=O) groups is 3. The van der Waals surface area contributed by atoms with Crippen molar-refractivity contribution in [1.29, 1.82) is 0 Å². The predicted molar refractivity (Wildman–Crippen MR) is 175 cm³/mol. The number of anilines is 2. The Kier molecular flexibility index (Phi) is 7.00. The number of benzene rings is 4. The number of fused-ring (bicyclic) bond motifs is 6. The number of nitrogens with one attached hydrogen (secondary N) is 1. The summed E-state index contributed by atoms with van der Waals surface area (Å²) in [5, 5.41) is 3.06. The van der Waals surface area contributed by atoms with E-state index in [9.17, 15) is 9.59 Å². The zero-order chi connectivity index (χ0) is 31.5. The number of halogens is 1. The van der Waals surface area contributed by atoms with Gasteiger partial charge in [0.15, 0.2) is 23.1 Å². The molecule has 4 aromatic carbocycles. The molecule has 1 N–H and O–H groups in total. The van der Waals surface area contributed by atoms with Gasteiger partial charge in [0.05, 0.1) is 33.3 Å². The SMILES string of the molecule is COc1cc(C(=O)[C@H]2[C@@H](C(=O)c3ccc(Br)cc3)[C@]3(C(=O)Nc4ccccc43)[C@H]3C=Cc4ccccc4N23)cc(OC)c1OC. The lowest BCUT2D eigenvalue weighted by Gasteiger charge is -2.37. The molecule has 4 atom stereocenters. The number of nitrogens with zero attached hydrogens (tertiary/aromatic N) is 1. The van der Waals surface area contributed by atoms with E-state index in [0.29, 0.717) is 34.1 Å². The Morgan fingerprint density at radius 2 is 1.49 bits per heavy atom. The number of para-hydroxylation sites is 2. The van der Waals surface area contributed by atoms with Crippen molar-refractivity contribution in [3.05, 3.63) is 118 Å². The molecule has 1 amide bonds. The molecule has 4 aromatic rings. The highest BCUT2D eigenvalue weighted by Crippen LogP contribution is 2.58. The maximum absolute atomic E-state index is 15.1. The molecule has 1 saturated heterocycles. The number of ketones is 2. The molecule has 8 nitrogen and oxygen atoms in total. The quantitative estimate of drug-likeness (QED) is 0.231. The summed E-state index contributed by atoms with van der Waals surface area (Å²) in [6.07, 6.45) is 3.92. The van der Waals surface area contributed by atoms with E-state index in [2.05, 4.69) is 21.2 Å². The summed E-state index contributed by atoms with van der Waals surface area (Å²) in [4.78, 5) is 46.5. The van der Waals surface area contributed by atoms with Gasteiger partial charge in [-0.25, -0.2) is 0 Å². The minimum Gasteiger partial charge on any atom is -0.493 e. The zero-order valence-electron chi connectivity index (χ0n) is 24.7. The van der Waals surface area contributed by atoms with Gasteiger partial charge in [-0.15, -0.1) is 0 Å². The summed E-state index contributed by atoms with van der Waals surface area (Å²) >= 11 is 3.46. The number of hydrogen-bond acceptors (Lipinski definition) is 7. The molecule has 0 radical (unpaired) electrons.